The zero-order chi connectivity index (χ0) is 16.1. The minimum atomic E-state index is -0.528. The second-order valence-electron chi connectivity index (χ2n) is 4.47. The molecule has 2 rings (SSSR count). The van der Waals surface area contributed by atoms with Crippen molar-refractivity contribution >= 4 is 28.9 Å². The van der Waals surface area contributed by atoms with Crippen molar-refractivity contribution in [2.75, 3.05) is 0 Å². The van der Waals surface area contributed by atoms with Crippen LogP contribution in [0.5, 0.6) is 0 Å². The third-order valence-electron chi connectivity index (χ3n) is 2.90. The maximum absolute atomic E-state index is 12.0. The molecule has 0 spiro atoms. The van der Waals surface area contributed by atoms with E-state index in [1.54, 1.807) is 19.1 Å². The van der Waals surface area contributed by atoms with E-state index < -0.39 is 10.8 Å². The van der Waals surface area contributed by atoms with Crippen molar-refractivity contribution < 1.29 is 14.1 Å². The lowest BCUT2D eigenvalue weighted by Gasteiger charge is -2.08. The van der Waals surface area contributed by atoms with Gasteiger partial charge < -0.3 is 9.73 Å². The van der Waals surface area contributed by atoms with Crippen molar-refractivity contribution in [3.63, 3.8) is 0 Å². The zero-order valence-corrected chi connectivity index (χ0v) is 12.5. The maximum atomic E-state index is 12.0. The Morgan fingerprint density at radius 1 is 1.41 bits per heavy atom. The standard InChI is InChI=1S/C14H13N3O4S/c1-9-4-5-10(7-12(9)17(19)20)13(18)16-14(22)15-8-11-3-2-6-21-11/h2-7H,8H2,1H3,(H2,15,16,18,22). The number of furan rings is 1. The molecule has 0 radical (unpaired) electrons. The Hall–Kier alpha value is -2.74. The van der Waals surface area contributed by atoms with Gasteiger partial charge in [-0.2, -0.15) is 0 Å². The Kier molecular flexibility index (Phi) is 4.84. The summed E-state index contributed by atoms with van der Waals surface area (Å²) in [6.45, 7) is 1.94. The van der Waals surface area contributed by atoms with Gasteiger partial charge in [0.15, 0.2) is 5.11 Å². The molecule has 1 aromatic heterocycles. The molecule has 1 heterocycles. The monoisotopic (exact) mass is 319 g/mol. The first-order chi connectivity index (χ1) is 10.5. The summed E-state index contributed by atoms with van der Waals surface area (Å²) in [5.41, 5.74) is 0.543. The van der Waals surface area contributed by atoms with Gasteiger partial charge in [-0.15, -0.1) is 0 Å². The van der Waals surface area contributed by atoms with Crippen molar-refractivity contribution in [3.8, 4) is 0 Å². The number of aryl methyl sites for hydroxylation is 1. The number of nitrogens with one attached hydrogen (secondary N) is 2. The van der Waals surface area contributed by atoms with Crippen molar-refractivity contribution in [1.82, 2.24) is 10.6 Å². The summed E-state index contributed by atoms with van der Waals surface area (Å²) < 4.78 is 5.12. The van der Waals surface area contributed by atoms with E-state index in [-0.39, 0.29) is 16.4 Å². The lowest BCUT2D eigenvalue weighted by atomic mass is 10.1. The smallest absolute Gasteiger partial charge is 0.273 e. The van der Waals surface area contributed by atoms with E-state index in [1.165, 1.54) is 24.5 Å². The average molecular weight is 319 g/mol. The molecule has 0 saturated heterocycles. The third-order valence-corrected chi connectivity index (χ3v) is 3.14. The van der Waals surface area contributed by atoms with Crippen LogP contribution in [0.2, 0.25) is 0 Å². The van der Waals surface area contributed by atoms with Crippen LogP contribution in [0.4, 0.5) is 5.69 Å². The van der Waals surface area contributed by atoms with Crippen molar-refractivity contribution in [2.24, 2.45) is 0 Å². The minimum Gasteiger partial charge on any atom is -0.467 e. The molecule has 8 heteroatoms. The van der Waals surface area contributed by atoms with Gasteiger partial charge in [0.1, 0.15) is 5.76 Å². The molecular formula is C14H13N3O4S. The number of thiocarbonyl (C=S) groups is 1. The van der Waals surface area contributed by atoms with E-state index in [0.29, 0.717) is 17.9 Å². The van der Waals surface area contributed by atoms with Crippen LogP contribution in [0, 0.1) is 17.0 Å². The summed E-state index contributed by atoms with van der Waals surface area (Å²) in [5, 5.41) is 16.3. The fraction of sp³-hybridized carbons (Fsp3) is 0.143. The van der Waals surface area contributed by atoms with Crippen LogP contribution in [0.3, 0.4) is 0 Å². The zero-order valence-electron chi connectivity index (χ0n) is 11.7. The first kappa shape index (κ1) is 15.6. The number of rotatable bonds is 4. The van der Waals surface area contributed by atoms with Gasteiger partial charge in [-0.25, -0.2) is 0 Å². The van der Waals surface area contributed by atoms with Crippen molar-refractivity contribution in [3.05, 3.63) is 63.6 Å². The van der Waals surface area contributed by atoms with E-state index in [0.717, 1.165) is 0 Å². The number of nitro benzene ring substituents is 1. The molecule has 0 bridgehead atoms. The second-order valence-corrected chi connectivity index (χ2v) is 4.88. The van der Waals surface area contributed by atoms with Gasteiger partial charge in [0.05, 0.1) is 17.7 Å². The van der Waals surface area contributed by atoms with Crippen LogP contribution in [0.25, 0.3) is 0 Å². The molecule has 0 fully saturated rings. The molecule has 0 unspecified atom stereocenters. The summed E-state index contributed by atoms with van der Waals surface area (Å²) >= 11 is 4.99. The SMILES string of the molecule is Cc1ccc(C(=O)NC(=S)NCc2ccco2)cc1[N+](=O)[O-]. The summed E-state index contributed by atoms with van der Waals surface area (Å²) in [6.07, 6.45) is 1.53. The Bertz CT molecular complexity index is 713. The van der Waals surface area contributed by atoms with Gasteiger partial charge in [0, 0.05) is 17.2 Å². The van der Waals surface area contributed by atoms with Crippen LogP contribution in [0.1, 0.15) is 21.7 Å². The van der Waals surface area contributed by atoms with Gasteiger partial charge in [-0.3, -0.25) is 20.2 Å². The molecule has 1 aromatic carbocycles. The van der Waals surface area contributed by atoms with Crippen molar-refractivity contribution in [1.29, 1.82) is 0 Å². The van der Waals surface area contributed by atoms with E-state index in [9.17, 15) is 14.9 Å². The van der Waals surface area contributed by atoms with Gasteiger partial charge in [0.2, 0.25) is 0 Å². The quantitative estimate of drug-likeness (QED) is 0.510. The molecule has 22 heavy (non-hydrogen) atoms. The molecule has 0 aliphatic heterocycles. The highest BCUT2D eigenvalue weighted by atomic mass is 32.1. The summed E-state index contributed by atoms with van der Waals surface area (Å²) in [5.74, 6) is 0.155. The number of amides is 1. The van der Waals surface area contributed by atoms with Crippen LogP contribution < -0.4 is 10.6 Å². The van der Waals surface area contributed by atoms with Crippen LogP contribution in [-0.4, -0.2) is 15.9 Å². The number of nitrogens with zero attached hydrogens (tertiary/aromatic N) is 1. The van der Waals surface area contributed by atoms with Gasteiger partial charge in [-0.05, 0) is 37.3 Å². The largest absolute Gasteiger partial charge is 0.467 e. The number of nitro groups is 1. The van der Waals surface area contributed by atoms with Crippen LogP contribution in [-0.2, 0) is 6.54 Å². The highest BCUT2D eigenvalue weighted by Crippen LogP contribution is 2.19. The van der Waals surface area contributed by atoms with Crippen molar-refractivity contribution in [2.45, 2.75) is 13.5 Å². The average Bonchev–Trinajstić information content (AvgIpc) is 2.98. The van der Waals surface area contributed by atoms with Crippen LogP contribution >= 0.6 is 12.2 Å². The number of benzene rings is 1. The molecular weight excluding hydrogens is 306 g/mol. The topological polar surface area (TPSA) is 97.4 Å². The predicted molar refractivity (Wildman–Crippen MR) is 83.4 cm³/mol. The molecule has 114 valence electrons. The third kappa shape index (κ3) is 3.89. The number of carbonyl (C=O) groups is 1. The molecule has 1 amide bonds. The maximum Gasteiger partial charge on any atom is 0.273 e. The molecule has 2 aromatic rings. The lowest BCUT2D eigenvalue weighted by Crippen LogP contribution is -2.38. The van der Waals surface area contributed by atoms with Gasteiger partial charge in [-0.1, -0.05) is 6.07 Å². The van der Waals surface area contributed by atoms with E-state index in [4.69, 9.17) is 16.6 Å². The molecule has 0 aliphatic carbocycles. The molecule has 7 nitrogen and oxygen atoms in total. The van der Waals surface area contributed by atoms with E-state index in [1.807, 2.05) is 0 Å². The first-order valence-electron chi connectivity index (χ1n) is 6.34. The van der Waals surface area contributed by atoms with E-state index in [2.05, 4.69) is 10.6 Å². The van der Waals surface area contributed by atoms with Crippen LogP contribution in [0.15, 0.2) is 41.0 Å². The van der Waals surface area contributed by atoms with Gasteiger partial charge >= 0.3 is 0 Å². The Balaban J connectivity index is 1.98. The highest BCUT2D eigenvalue weighted by Gasteiger charge is 2.15. The summed E-state index contributed by atoms with van der Waals surface area (Å²) in [6, 6.07) is 7.75. The lowest BCUT2D eigenvalue weighted by molar-refractivity contribution is -0.385. The summed E-state index contributed by atoms with van der Waals surface area (Å²) in [7, 11) is 0. The number of hydrogen-bond donors (Lipinski definition) is 2. The molecule has 0 atom stereocenters. The fourth-order valence-electron chi connectivity index (χ4n) is 1.75. The normalized spacial score (nSPS) is 10.0. The van der Waals surface area contributed by atoms with Gasteiger partial charge in [0.25, 0.3) is 11.6 Å². The van der Waals surface area contributed by atoms with E-state index >= 15 is 0 Å². The predicted octanol–water partition coefficient (Wildman–Crippen LogP) is 2.30. The fourth-order valence-corrected chi connectivity index (χ4v) is 1.91. The highest BCUT2D eigenvalue weighted by molar-refractivity contribution is 7.80. The molecule has 0 saturated carbocycles. The Labute approximate surface area is 131 Å². The first-order valence-corrected chi connectivity index (χ1v) is 6.75. The molecule has 2 N–H and O–H groups in total. The summed E-state index contributed by atoms with van der Waals surface area (Å²) in [4.78, 5) is 22.4. The minimum absolute atomic E-state index is 0.109. The second kappa shape index (κ2) is 6.81. The number of carbonyl (C=O) groups excluding carboxylic acids is 1. The Morgan fingerprint density at radius 3 is 2.82 bits per heavy atom. The number of hydrogen-bond acceptors (Lipinski definition) is 5. The molecule has 0 aliphatic rings. The Morgan fingerprint density at radius 2 is 2.18 bits per heavy atom.